The van der Waals surface area contributed by atoms with Gasteiger partial charge in [0.25, 0.3) is 0 Å². The van der Waals surface area contributed by atoms with Gasteiger partial charge >= 0.3 is 0 Å². The third kappa shape index (κ3) is 2.54. The number of aromatic nitrogens is 3. The Morgan fingerprint density at radius 3 is 2.76 bits per heavy atom. The molecule has 2 rings (SSSR count). The molecule has 0 aliphatic carbocycles. The maximum absolute atomic E-state index is 5.07. The van der Waals surface area contributed by atoms with Crippen molar-refractivity contribution >= 4 is 11.6 Å². The van der Waals surface area contributed by atoms with Gasteiger partial charge in [0.05, 0.1) is 6.54 Å². The van der Waals surface area contributed by atoms with Crippen molar-refractivity contribution in [1.29, 1.82) is 0 Å². The molecule has 2 heterocycles. The van der Waals surface area contributed by atoms with E-state index in [4.69, 9.17) is 9.47 Å². The summed E-state index contributed by atoms with van der Waals surface area (Å²) in [6, 6.07) is 5.85. The van der Waals surface area contributed by atoms with Crippen LogP contribution in [-0.2, 0) is 9.47 Å². The minimum Gasteiger partial charge on any atom is -0.354 e. The van der Waals surface area contributed by atoms with Gasteiger partial charge in [0.1, 0.15) is 0 Å². The summed E-state index contributed by atoms with van der Waals surface area (Å²) in [4.78, 5) is 4.34. The Morgan fingerprint density at radius 2 is 2.12 bits per heavy atom. The lowest BCUT2D eigenvalue weighted by Crippen LogP contribution is -2.24. The molecule has 92 valence electrons. The Labute approximate surface area is 99.6 Å². The molecule has 0 unspecified atom stereocenters. The minimum absolute atomic E-state index is 0.303. The Morgan fingerprint density at radius 1 is 1.35 bits per heavy atom. The Bertz CT molecular complexity index is 493. The van der Waals surface area contributed by atoms with E-state index < -0.39 is 0 Å². The zero-order chi connectivity index (χ0) is 12.3. The number of hydrogen-bond donors (Lipinski definition) is 1. The van der Waals surface area contributed by atoms with Gasteiger partial charge < -0.3 is 14.8 Å². The third-order valence-corrected chi connectivity index (χ3v) is 2.50. The molecule has 0 amide bonds. The van der Waals surface area contributed by atoms with E-state index in [1.54, 1.807) is 18.7 Å². The fourth-order valence-electron chi connectivity index (χ4n) is 1.55. The van der Waals surface area contributed by atoms with E-state index in [0.29, 0.717) is 12.5 Å². The summed E-state index contributed by atoms with van der Waals surface area (Å²) in [6.45, 7) is 2.49. The molecule has 6 heteroatoms. The number of nitrogens with one attached hydrogen (secondary N) is 1. The summed E-state index contributed by atoms with van der Waals surface area (Å²) in [5.41, 5.74) is 1.86. The van der Waals surface area contributed by atoms with Gasteiger partial charge in [-0.05, 0) is 19.1 Å². The largest absolute Gasteiger partial charge is 0.354 e. The van der Waals surface area contributed by atoms with Crippen LogP contribution in [-0.4, -0.2) is 41.7 Å². The number of hydrogen-bond acceptors (Lipinski definition) is 5. The van der Waals surface area contributed by atoms with Gasteiger partial charge in [0, 0.05) is 19.9 Å². The molecule has 2 aromatic rings. The zero-order valence-corrected chi connectivity index (χ0v) is 10.2. The molecular formula is C11H16N4O2. The topological polar surface area (TPSA) is 60.7 Å². The standard InChI is InChI=1S/C11H16N4O2/c1-8-5-4-6-9-13-11(14-15(8)9)12-7-10(16-2)17-3/h4-6,10H,7H2,1-3H3,(H,12,14). The fraction of sp³-hybridized carbons (Fsp3) is 0.455. The van der Waals surface area contributed by atoms with Crippen molar-refractivity contribution in [3.05, 3.63) is 23.9 Å². The second-order valence-corrected chi connectivity index (χ2v) is 3.65. The zero-order valence-electron chi connectivity index (χ0n) is 10.2. The molecule has 17 heavy (non-hydrogen) atoms. The molecule has 0 aromatic carbocycles. The number of aryl methyl sites for hydroxylation is 1. The second kappa shape index (κ2) is 5.11. The molecule has 0 aliphatic heterocycles. The lowest BCUT2D eigenvalue weighted by atomic mass is 10.4. The monoisotopic (exact) mass is 236 g/mol. The number of rotatable bonds is 5. The van der Waals surface area contributed by atoms with Crippen LogP contribution in [0.5, 0.6) is 0 Å². The number of anilines is 1. The molecule has 0 atom stereocenters. The highest BCUT2D eigenvalue weighted by atomic mass is 16.7. The van der Waals surface area contributed by atoms with Crippen LogP contribution in [0.4, 0.5) is 5.95 Å². The summed E-state index contributed by atoms with van der Waals surface area (Å²) in [5.74, 6) is 0.568. The van der Waals surface area contributed by atoms with Gasteiger partial charge in [0.2, 0.25) is 5.95 Å². The molecule has 6 nitrogen and oxygen atoms in total. The molecule has 1 N–H and O–H groups in total. The predicted octanol–water partition coefficient (Wildman–Crippen LogP) is 1.07. The van der Waals surface area contributed by atoms with E-state index in [-0.39, 0.29) is 6.29 Å². The van der Waals surface area contributed by atoms with Crippen LogP contribution < -0.4 is 5.32 Å². The van der Waals surface area contributed by atoms with Crippen LogP contribution in [0.25, 0.3) is 5.65 Å². The summed E-state index contributed by atoms with van der Waals surface area (Å²) in [5, 5.41) is 7.41. The summed E-state index contributed by atoms with van der Waals surface area (Å²) in [7, 11) is 3.19. The van der Waals surface area contributed by atoms with Crippen molar-refractivity contribution in [2.45, 2.75) is 13.2 Å². The first-order valence-corrected chi connectivity index (χ1v) is 5.36. The highest BCUT2D eigenvalue weighted by molar-refractivity contribution is 5.44. The predicted molar refractivity (Wildman–Crippen MR) is 64.0 cm³/mol. The van der Waals surface area contributed by atoms with Gasteiger partial charge in [-0.1, -0.05) is 6.07 Å². The second-order valence-electron chi connectivity index (χ2n) is 3.65. The van der Waals surface area contributed by atoms with Crippen molar-refractivity contribution in [3.63, 3.8) is 0 Å². The molecule has 0 radical (unpaired) electrons. The average Bonchev–Trinajstić information content (AvgIpc) is 2.75. The molecule has 0 saturated carbocycles. The quantitative estimate of drug-likeness (QED) is 0.787. The minimum atomic E-state index is -0.303. The lowest BCUT2D eigenvalue weighted by Gasteiger charge is -2.12. The highest BCUT2D eigenvalue weighted by Gasteiger charge is 2.08. The Kier molecular flexibility index (Phi) is 3.55. The molecule has 0 aliphatic rings. The van der Waals surface area contributed by atoms with E-state index in [2.05, 4.69) is 15.4 Å². The Balaban J connectivity index is 2.12. The summed E-state index contributed by atoms with van der Waals surface area (Å²) < 4.78 is 11.9. The normalized spacial score (nSPS) is 11.3. The molecule has 0 fully saturated rings. The highest BCUT2D eigenvalue weighted by Crippen LogP contribution is 2.08. The van der Waals surface area contributed by atoms with Gasteiger partial charge in [-0.3, -0.25) is 0 Å². The number of pyridine rings is 1. The molecule has 0 saturated heterocycles. The van der Waals surface area contributed by atoms with Gasteiger partial charge in [-0.25, -0.2) is 4.52 Å². The van der Waals surface area contributed by atoms with Crippen LogP contribution in [0.1, 0.15) is 5.69 Å². The van der Waals surface area contributed by atoms with Crippen molar-refractivity contribution in [3.8, 4) is 0 Å². The van der Waals surface area contributed by atoms with Crippen molar-refractivity contribution in [1.82, 2.24) is 14.6 Å². The van der Waals surface area contributed by atoms with Crippen molar-refractivity contribution in [2.75, 3.05) is 26.1 Å². The summed E-state index contributed by atoms with van der Waals surface area (Å²) >= 11 is 0. The molecule has 2 aromatic heterocycles. The van der Waals surface area contributed by atoms with E-state index in [9.17, 15) is 0 Å². The van der Waals surface area contributed by atoms with Gasteiger partial charge in [-0.2, -0.15) is 4.98 Å². The first-order valence-electron chi connectivity index (χ1n) is 5.36. The smallest absolute Gasteiger partial charge is 0.243 e. The van der Waals surface area contributed by atoms with Crippen LogP contribution in [0.3, 0.4) is 0 Å². The SMILES string of the molecule is COC(CNc1nc2cccc(C)n2n1)OC. The summed E-state index contributed by atoms with van der Waals surface area (Å²) in [6.07, 6.45) is -0.303. The maximum atomic E-state index is 5.07. The molecule has 0 spiro atoms. The third-order valence-electron chi connectivity index (χ3n) is 2.50. The average molecular weight is 236 g/mol. The van der Waals surface area contributed by atoms with E-state index in [1.165, 1.54) is 0 Å². The molecule has 0 bridgehead atoms. The van der Waals surface area contributed by atoms with Crippen LogP contribution >= 0.6 is 0 Å². The van der Waals surface area contributed by atoms with E-state index in [0.717, 1.165) is 11.3 Å². The molecular weight excluding hydrogens is 220 g/mol. The van der Waals surface area contributed by atoms with Gasteiger partial charge in [-0.15, -0.1) is 5.10 Å². The lowest BCUT2D eigenvalue weighted by molar-refractivity contribution is -0.0914. The van der Waals surface area contributed by atoms with Crippen LogP contribution in [0.2, 0.25) is 0 Å². The van der Waals surface area contributed by atoms with Crippen molar-refractivity contribution in [2.24, 2.45) is 0 Å². The Hall–Kier alpha value is -1.66. The number of ether oxygens (including phenoxy) is 2. The van der Waals surface area contributed by atoms with Crippen molar-refractivity contribution < 1.29 is 9.47 Å². The van der Waals surface area contributed by atoms with Gasteiger partial charge in [0.15, 0.2) is 11.9 Å². The first kappa shape index (κ1) is 11.8. The van der Waals surface area contributed by atoms with E-state index >= 15 is 0 Å². The first-order chi connectivity index (χ1) is 8.24. The number of fused-ring (bicyclic) bond motifs is 1. The van der Waals surface area contributed by atoms with Crippen LogP contribution in [0.15, 0.2) is 18.2 Å². The fourth-order valence-corrected chi connectivity index (χ4v) is 1.55. The van der Waals surface area contributed by atoms with Crippen LogP contribution in [0, 0.1) is 6.92 Å². The maximum Gasteiger partial charge on any atom is 0.243 e. The number of methoxy groups -OCH3 is 2. The number of nitrogens with zero attached hydrogens (tertiary/aromatic N) is 3. The van der Waals surface area contributed by atoms with E-state index in [1.807, 2.05) is 25.1 Å².